The second-order valence-corrected chi connectivity index (χ2v) is 7.18. The normalized spacial score (nSPS) is 16.1. The highest BCUT2D eigenvalue weighted by molar-refractivity contribution is 7.99. The number of hydrogen-bond acceptors (Lipinski definition) is 6. The van der Waals surface area contributed by atoms with E-state index in [0.29, 0.717) is 6.54 Å². The molecular formula is C16H24N6S. The second-order valence-electron chi connectivity index (χ2n) is 5.91. The molecule has 124 valence electrons. The van der Waals surface area contributed by atoms with Crippen molar-refractivity contribution < 1.29 is 0 Å². The molecule has 0 aromatic carbocycles. The van der Waals surface area contributed by atoms with Gasteiger partial charge in [0.2, 0.25) is 0 Å². The maximum absolute atomic E-state index is 4.69. The van der Waals surface area contributed by atoms with Gasteiger partial charge in [0.05, 0.1) is 30.7 Å². The Balaban J connectivity index is 1.54. The molecule has 0 radical (unpaired) electrons. The summed E-state index contributed by atoms with van der Waals surface area (Å²) in [5, 5.41) is 8.68. The minimum Gasteiger partial charge on any atom is -0.363 e. The summed E-state index contributed by atoms with van der Waals surface area (Å²) in [7, 11) is 0. The van der Waals surface area contributed by atoms with Gasteiger partial charge in [-0.25, -0.2) is 4.98 Å². The van der Waals surface area contributed by atoms with Crippen molar-refractivity contribution in [1.82, 2.24) is 24.6 Å². The maximum Gasteiger partial charge on any atom is 0.144 e. The van der Waals surface area contributed by atoms with Crippen molar-refractivity contribution in [1.29, 1.82) is 0 Å². The lowest BCUT2D eigenvalue weighted by atomic mass is 10.2. The Bertz CT molecular complexity index is 614. The fourth-order valence-electron chi connectivity index (χ4n) is 2.71. The zero-order chi connectivity index (χ0) is 16.1. The molecule has 2 aromatic heterocycles. The second kappa shape index (κ2) is 7.79. The topological polar surface area (TPSA) is 58.9 Å². The van der Waals surface area contributed by atoms with Crippen LogP contribution in [0.25, 0.3) is 0 Å². The SMILES string of the molecule is CS[C@H](C)CCN1CCn2nc(CNc3cnccn3)cc2C1. The first-order valence-corrected chi connectivity index (χ1v) is 9.34. The van der Waals surface area contributed by atoms with E-state index < -0.39 is 0 Å². The lowest BCUT2D eigenvalue weighted by molar-refractivity contribution is 0.211. The lowest BCUT2D eigenvalue weighted by Gasteiger charge is -2.28. The first-order valence-electron chi connectivity index (χ1n) is 8.05. The molecule has 0 bridgehead atoms. The van der Waals surface area contributed by atoms with E-state index >= 15 is 0 Å². The molecule has 7 heteroatoms. The summed E-state index contributed by atoms with van der Waals surface area (Å²) in [4.78, 5) is 10.8. The van der Waals surface area contributed by atoms with Crippen LogP contribution < -0.4 is 5.32 Å². The van der Waals surface area contributed by atoms with Gasteiger partial charge in [0.15, 0.2) is 0 Å². The van der Waals surface area contributed by atoms with Gasteiger partial charge < -0.3 is 5.32 Å². The van der Waals surface area contributed by atoms with Crippen molar-refractivity contribution in [3.05, 3.63) is 36.0 Å². The number of nitrogens with zero attached hydrogens (tertiary/aromatic N) is 5. The Hall–Kier alpha value is -1.60. The molecule has 0 saturated carbocycles. The molecule has 0 amide bonds. The number of nitrogens with one attached hydrogen (secondary N) is 1. The Kier molecular flexibility index (Phi) is 5.51. The van der Waals surface area contributed by atoms with Gasteiger partial charge in [-0.1, -0.05) is 6.92 Å². The summed E-state index contributed by atoms with van der Waals surface area (Å²) in [6.45, 7) is 7.22. The molecule has 1 aliphatic heterocycles. The van der Waals surface area contributed by atoms with Crippen LogP contribution in [0.2, 0.25) is 0 Å². The number of anilines is 1. The van der Waals surface area contributed by atoms with Crippen LogP contribution in [0.5, 0.6) is 0 Å². The van der Waals surface area contributed by atoms with Crippen LogP contribution in [0.3, 0.4) is 0 Å². The van der Waals surface area contributed by atoms with E-state index in [-0.39, 0.29) is 0 Å². The molecule has 0 saturated heterocycles. The Labute approximate surface area is 141 Å². The van der Waals surface area contributed by atoms with Crippen LogP contribution in [0.4, 0.5) is 5.82 Å². The first kappa shape index (κ1) is 16.3. The number of hydrogen-bond donors (Lipinski definition) is 1. The summed E-state index contributed by atoms with van der Waals surface area (Å²) in [6, 6.07) is 2.20. The minimum absolute atomic E-state index is 0.683. The molecule has 0 spiro atoms. The molecule has 1 N–H and O–H groups in total. The summed E-state index contributed by atoms with van der Waals surface area (Å²) < 4.78 is 2.14. The number of aromatic nitrogens is 4. The molecule has 23 heavy (non-hydrogen) atoms. The third-order valence-corrected chi connectivity index (χ3v) is 5.24. The van der Waals surface area contributed by atoms with E-state index in [0.717, 1.165) is 36.4 Å². The standard InChI is InChI=1S/C16H24N6S/c1-13(23-2)3-6-21-7-8-22-15(12-21)9-14(20-22)10-19-16-11-17-4-5-18-16/h4-5,9,11,13H,3,6-8,10,12H2,1-2H3,(H,18,19)/t13-/m1/s1. The highest BCUT2D eigenvalue weighted by atomic mass is 32.2. The third-order valence-electron chi connectivity index (χ3n) is 4.20. The molecule has 0 unspecified atom stereocenters. The van der Waals surface area contributed by atoms with Gasteiger partial charge in [0, 0.05) is 30.7 Å². The molecule has 1 aliphatic rings. The molecule has 3 rings (SSSR count). The minimum atomic E-state index is 0.683. The smallest absolute Gasteiger partial charge is 0.144 e. The molecule has 2 aromatic rings. The fourth-order valence-corrected chi connectivity index (χ4v) is 3.05. The van der Waals surface area contributed by atoms with Crippen molar-refractivity contribution >= 4 is 17.6 Å². The van der Waals surface area contributed by atoms with Crippen molar-refractivity contribution in [3.63, 3.8) is 0 Å². The van der Waals surface area contributed by atoms with Gasteiger partial charge in [-0.15, -0.1) is 0 Å². The highest BCUT2D eigenvalue weighted by Gasteiger charge is 2.18. The van der Waals surface area contributed by atoms with Crippen molar-refractivity contribution in [2.45, 2.75) is 38.2 Å². The van der Waals surface area contributed by atoms with Crippen LogP contribution in [0.1, 0.15) is 24.7 Å². The number of thioether (sulfide) groups is 1. The zero-order valence-corrected chi connectivity index (χ0v) is 14.6. The summed E-state index contributed by atoms with van der Waals surface area (Å²) in [5.74, 6) is 0.783. The van der Waals surface area contributed by atoms with Crippen LogP contribution >= 0.6 is 11.8 Å². The van der Waals surface area contributed by atoms with E-state index in [2.05, 4.69) is 49.2 Å². The average Bonchev–Trinajstić information content (AvgIpc) is 3.01. The van der Waals surface area contributed by atoms with Crippen LogP contribution in [-0.4, -0.2) is 49.2 Å². The molecule has 3 heterocycles. The Morgan fingerprint density at radius 1 is 1.35 bits per heavy atom. The predicted molar refractivity (Wildman–Crippen MR) is 94.5 cm³/mol. The molecular weight excluding hydrogens is 308 g/mol. The van der Waals surface area contributed by atoms with Gasteiger partial charge in [-0.3, -0.25) is 14.6 Å². The van der Waals surface area contributed by atoms with Gasteiger partial charge >= 0.3 is 0 Å². The quantitative estimate of drug-likeness (QED) is 0.839. The zero-order valence-electron chi connectivity index (χ0n) is 13.8. The van der Waals surface area contributed by atoms with Crippen LogP contribution in [0.15, 0.2) is 24.7 Å². The lowest BCUT2D eigenvalue weighted by Crippen LogP contribution is -2.35. The van der Waals surface area contributed by atoms with Gasteiger partial charge in [0.1, 0.15) is 5.82 Å². The van der Waals surface area contributed by atoms with E-state index in [1.54, 1.807) is 18.6 Å². The number of rotatable bonds is 7. The van der Waals surface area contributed by atoms with Gasteiger partial charge in [-0.05, 0) is 25.3 Å². The van der Waals surface area contributed by atoms with Crippen molar-refractivity contribution in [3.8, 4) is 0 Å². The van der Waals surface area contributed by atoms with Gasteiger partial charge in [-0.2, -0.15) is 16.9 Å². The summed E-state index contributed by atoms with van der Waals surface area (Å²) in [5.41, 5.74) is 2.37. The summed E-state index contributed by atoms with van der Waals surface area (Å²) in [6.07, 6.45) is 8.52. The molecule has 6 nitrogen and oxygen atoms in total. The predicted octanol–water partition coefficient (Wildman–Crippen LogP) is 2.24. The average molecular weight is 332 g/mol. The largest absolute Gasteiger partial charge is 0.363 e. The molecule has 0 fully saturated rings. The van der Waals surface area contributed by atoms with Crippen LogP contribution in [-0.2, 0) is 19.6 Å². The van der Waals surface area contributed by atoms with Crippen LogP contribution in [0, 0.1) is 0 Å². The first-order chi connectivity index (χ1) is 11.2. The monoisotopic (exact) mass is 332 g/mol. The van der Waals surface area contributed by atoms with Crippen molar-refractivity contribution in [2.24, 2.45) is 0 Å². The van der Waals surface area contributed by atoms with Crippen molar-refractivity contribution in [2.75, 3.05) is 24.7 Å². The molecule has 1 atom stereocenters. The Morgan fingerprint density at radius 3 is 3.04 bits per heavy atom. The number of fused-ring (bicyclic) bond motifs is 1. The summed E-state index contributed by atoms with van der Waals surface area (Å²) >= 11 is 1.94. The van der Waals surface area contributed by atoms with Gasteiger partial charge in [0.25, 0.3) is 0 Å². The van der Waals surface area contributed by atoms with E-state index in [9.17, 15) is 0 Å². The van der Waals surface area contributed by atoms with E-state index in [1.807, 2.05) is 11.8 Å². The van der Waals surface area contributed by atoms with E-state index in [1.165, 1.54) is 18.7 Å². The third kappa shape index (κ3) is 4.45. The Morgan fingerprint density at radius 2 is 2.26 bits per heavy atom. The maximum atomic E-state index is 4.69. The fraction of sp³-hybridized carbons (Fsp3) is 0.562. The molecule has 0 aliphatic carbocycles. The highest BCUT2D eigenvalue weighted by Crippen LogP contribution is 2.17. The van der Waals surface area contributed by atoms with E-state index in [4.69, 9.17) is 0 Å².